The summed E-state index contributed by atoms with van der Waals surface area (Å²) in [4.78, 5) is 24.2. The van der Waals surface area contributed by atoms with Gasteiger partial charge in [0, 0.05) is 12.8 Å². The largest absolute Gasteiger partial charge is 0.350 e. The highest BCUT2D eigenvalue weighted by Gasteiger charge is 2.39. The summed E-state index contributed by atoms with van der Waals surface area (Å²) in [5, 5.41) is 4.56. The molecule has 7 heteroatoms. The molecule has 1 atom stereocenters. The molecule has 20 heavy (non-hydrogen) atoms. The normalized spacial score (nSPS) is 24.4. The SMILES string of the molecule is CC1(NC(=O)CCC(=O)c2cccs2)CCS(=O)(=O)C1. The van der Waals surface area contributed by atoms with Crippen LogP contribution in [0.25, 0.3) is 0 Å². The molecule has 2 heterocycles. The van der Waals surface area contributed by atoms with Crippen molar-refractivity contribution in [3.05, 3.63) is 22.4 Å². The van der Waals surface area contributed by atoms with E-state index >= 15 is 0 Å². The van der Waals surface area contributed by atoms with Crippen molar-refractivity contribution in [3.8, 4) is 0 Å². The Morgan fingerprint density at radius 3 is 2.70 bits per heavy atom. The first-order valence-corrected chi connectivity index (χ1v) is 9.08. The van der Waals surface area contributed by atoms with E-state index in [4.69, 9.17) is 0 Å². The molecule has 1 unspecified atom stereocenters. The highest BCUT2D eigenvalue weighted by Crippen LogP contribution is 2.23. The van der Waals surface area contributed by atoms with Gasteiger partial charge in [-0.05, 0) is 24.8 Å². The number of carbonyl (C=O) groups is 2. The summed E-state index contributed by atoms with van der Waals surface area (Å²) in [6, 6.07) is 3.53. The lowest BCUT2D eigenvalue weighted by molar-refractivity contribution is -0.122. The van der Waals surface area contributed by atoms with Crippen LogP contribution in [-0.2, 0) is 14.6 Å². The van der Waals surface area contributed by atoms with Crippen LogP contribution in [0.3, 0.4) is 0 Å². The Hall–Kier alpha value is -1.21. The molecule has 0 saturated carbocycles. The molecule has 1 aliphatic rings. The van der Waals surface area contributed by atoms with Crippen molar-refractivity contribution in [1.82, 2.24) is 5.32 Å². The van der Waals surface area contributed by atoms with Gasteiger partial charge in [-0.2, -0.15) is 0 Å². The van der Waals surface area contributed by atoms with Crippen LogP contribution in [-0.4, -0.2) is 37.2 Å². The van der Waals surface area contributed by atoms with Crippen LogP contribution in [0.5, 0.6) is 0 Å². The summed E-state index contributed by atoms with van der Waals surface area (Å²) < 4.78 is 22.9. The van der Waals surface area contributed by atoms with Crippen LogP contribution in [0.1, 0.15) is 35.9 Å². The van der Waals surface area contributed by atoms with Crippen LogP contribution in [0.15, 0.2) is 17.5 Å². The molecule has 2 rings (SSSR count). The fraction of sp³-hybridized carbons (Fsp3) is 0.538. The zero-order chi connectivity index (χ0) is 14.8. The number of thiophene rings is 1. The van der Waals surface area contributed by atoms with Gasteiger partial charge in [-0.25, -0.2) is 8.42 Å². The highest BCUT2D eigenvalue weighted by molar-refractivity contribution is 7.91. The third-order valence-corrected chi connectivity index (χ3v) is 6.13. The number of ketones is 1. The molecule has 1 aromatic heterocycles. The average molecular weight is 315 g/mol. The number of hydrogen-bond donors (Lipinski definition) is 1. The maximum atomic E-state index is 11.8. The second-order valence-corrected chi connectivity index (χ2v) is 8.48. The van der Waals surface area contributed by atoms with Gasteiger partial charge in [0.15, 0.2) is 15.6 Å². The summed E-state index contributed by atoms with van der Waals surface area (Å²) in [6.07, 6.45) is 0.668. The summed E-state index contributed by atoms with van der Waals surface area (Å²) >= 11 is 1.35. The maximum Gasteiger partial charge on any atom is 0.220 e. The number of amides is 1. The van der Waals surface area contributed by atoms with Gasteiger partial charge in [0.25, 0.3) is 0 Å². The van der Waals surface area contributed by atoms with Gasteiger partial charge >= 0.3 is 0 Å². The van der Waals surface area contributed by atoms with E-state index in [9.17, 15) is 18.0 Å². The van der Waals surface area contributed by atoms with Crippen LogP contribution >= 0.6 is 11.3 Å². The minimum absolute atomic E-state index is 0.0232. The molecule has 0 bridgehead atoms. The fourth-order valence-corrected chi connectivity index (χ4v) is 5.08. The van der Waals surface area contributed by atoms with E-state index in [0.717, 1.165) is 0 Å². The van der Waals surface area contributed by atoms with Crippen LogP contribution in [0.4, 0.5) is 0 Å². The van der Waals surface area contributed by atoms with Crippen molar-refractivity contribution < 1.29 is 18.0 Å². The number of rotatable bonds is 5. The summed E-state index contributed by atoms with van der Waals surface area (Å²) in [7, 11) is -3.05. The maximum absolute atomic E-state index is 11.8. The predicted molar refractivity (Wildman–Crippen MR) is 77.7 cm³/mol. The van der Waals surface area contributed by atoms with Crippen molar-refractivity contribution in [2.75, 3.05) is 11.5 Å². The Bertz CT molecular complexity index is 606. The molecule has 0 aromatic carbocycles. The summed E-state index contributed by atoms with van der Waals surface area (Å²) in [6.45, 7) is 1.73. The Morgan fingerprint density at radius 1 is 1.40 bits per heavy atom. The first-order valence-electron chi connectivity index (χ1n) is 6.38. The first kappa shape index (κ1) is 15.2. The zero-order valence-electron chi connectivity index (χ0n) is 11.2. The molecule has 1 aromatic rings. The van der Waals surface area contributed by atoms with Gasteiger partial charge in [-0.3, -0.25) is 9.59 Å². The standard InChI is InChI=1S/C13H17NO4S2/c1-13(6-8-20(17,18)9-13)14-12(16)5-4-10(15)11-3-2-7-19-11/h2-3,7H,4-6,8-9H2,1H3,(H,14,16). The molecular formula is C13H17NO4S2. The second kappa shape index (κ2) is 5.65. The number of hydrogen-bond acceptors (Lipinski definition) is 5. The van der Waals surface area contributed by atoms with Gasteiger partial charge < -0.3 is 5.32 Å². The van der Waals surface area contributed by atoms with Crippen molar-refractivity contribution in [2.45, 2.75) is 31.7 Å². The smallest absolute Gasteiger partial charge is 0.220 e. The minimum atomic E-state index is -3.05. The highest BCUT2D eigenvalue weighted by atomic mass is 32.2. The summed E-state index contributed by atoms with van der Waals surface area (Å²) in [5.74, 6) is -0.239. The van der Waals surface area contributed by atoms with E-state index in [2.05, 4.69) is 5.32 Å². The summed E-state index contributed by atoms with van der Waals surface area (Å²) in [5.41, 5.74) is -0.693. The molecule has 0 radical (unpaired) electrons. The molecule has 0 spiro atoms. The Labute approximate surface area is 122 Å². The molecule has 110 valence electrons. The Kier molecular flexibility index (Phi) is 4.29. The molecule has 1 N–H and O–H groups in total. The van der Waals surface area contributed by atoms with Gasteiger partial charge in [-0.15, -0.1) is 11.3 Å². The van der Waals surface area contributed by atoms with Crippen molar-refractivity contribution in [2.24, 2.45) is 0 Å². The number of Topliss-reactive ketones (excluding diaryl/α,β-unsaturated/α-hetero) is 1. The van der Waals surface area contributed by atoms with E-state index in [-0.39, 0.29) is 36.0 Å². The fourth-order valence-electron chi connectivity index (χ4n) is 2.30. The van der Waals surface area contributed by atoms with E-state index in [1.807, 2.05) is 5.38 Å². The number of carbonyl (C=O) groups excluding carboxylic acids is 2. The van der Waals surface area contributed by atoms with E-state index in [0.29, 0.717) is 11.3 Å². The lowest BCUT2D eigenvalue weighted by Crippen LogP contribution is -2.46. The third-order valence-electron chi connectivity index (χ3n) is 3.32. The van der Waals surface area contributed by atoms with E-state index in [1.54, 1.807) is 19.1 Å². The minimum Gasteiger partial charge on any atom is -0.350 e. The predicted octanol–water partition coefficient (Wildman–Crippen LogP) is 1.40. The monoisotopic (exact) mass is 315 g/mol. The van der Waals surface area contributed by atoms with Crippen LogP contribution < -0.4 is 5.32 Å². The second-order valence-electron chi connectivity index (χ2n) is 5.35. The molecule has 5 nitrogen and oxygen atoms in total. The number of nitrogens with one attached hydrogen (secondary N) is 1. The topological polar surface area (TPSA) is 80.3 Å². The van der Waals surface area contributed by atoms with Gasteiger partial charge in [0.05, 0.1) is 21.9 Å². The average Bonchev–Trinajstić information content (AvgIpc) is 2.94. The third kappa shape index (κ3) is 3.89. The zero-order valence-corrected chi connectivity index (χ0v) is 12.9. The molecule has 1 aliphatic heterocycles. The molecule has 1 saturated heterocycles. The van der Waals surface area contributed by atoms with Crippen LogP contribution in [0, 0.1) is 0 Å². The first-order chi connectivity index (χ1) is 9.30. The molecule has 1 amide bonds. The van der Waals surface area contributed by atoms with Crippen molar-refractivity contribution in [1.29, 1.82) is 0 Å². The lowest BCUT2D eigenvalue weighted by atomic mass is 10.0. The molecule has 1 fully saturated rings. The van der Waals surface area contributed by atoms with Gasteiger partial charge in [0.1, 0.15) is 0 Å². The van der Waals surface area contributed by atoms with Crippen molar-refractivity contribution in [3.63, 3.8) is 0 Å². The van der Waals surface area contributed by atoms with Gasteiger partial charge in [0.2, 0.25) is 5.91 Å². The lowest BCUT2D eigenvalue weighted by Gasteiger charge is -2.23. The van der Waals surface area contributed by atoms with Crippen LogP contribution in [0.2, 0.25) is 0 Å². The molecule has 0 aliphatic carbocycles. The number of sulfone groups is 1. The van der Waals surface area contributed by atoms with E-state index in [1.165, 1.54) is 11.3 Å². The quantitative estimate of drug-likeness (QED) is 0.833. The van der Waals surface area contributed by atoms with Crippen molar-refractivity contribution >= 4 is 32.9 Å². The Balaban J connectivity index is 1.83. The Morgan fingerprint density at radius 2 is 2.15 bits per heavy atom. The molecular weight excluding hydrogens is 298 g/mol. The van der Waals surface area contributed by atoms with E-state index < -0.39 is 15.4 Å². The van der Waals surface area contributed by atoms with Gasteiger partial charge in [-0.1, -0.05) is 6.07 Å².